The first kappa shape index (κ1) is 12.9. The Morgan fingerprint density at radius 2 is 1.89 bits per heavy atom. The van der Waals surface area contributed by atoms with Crippen LogP contribution in [0.2, 0.25) is 0 Å². The molecule has 1 unspecified atom stereocenters. The average Bonchev–Trinajstić information content (AvgIpc) is 2.75. The third-order valence-corrected chi connectivity index (χ3v) is 3.67. The van der Waals surface area contributed by atoms with Crippen LogP contribution >= 0.6 is 11.3 Å². The Labute approximate surface area is 111 Å². The first-order valence-corrected chi connectivity index (χ1v) is 6.69. The second-order valence-corrected chi connectivity index (χ2v) is 5.45. The molecule has 0 spiro atoms. The summed E-state index contributed by atoms with van der Waals surface area (Å²) in [7, 11) is 0. The van der Waals surface area contributed by atoms with Crippen LogP contribution in [-0.4, -0.2) is 10.8 Å². The average molecular weight is 260 g/mol. The number of aromatic nitrogens is 1. The van der Waals surface area contributed by atoms with Gasteiger partial charge in [0.1, 0.15) is 10.7 Å². The van der Waals surface area contributed by atoms with Crippen molar-refractivity contribution < 1.29 is 4.79 Å². The number of ketones is 1. The third kappa shape index (κ3) is 2.66. The molecule has 0 aliphatic carbocycles. The Bertz CT molecular complexity index is 567. The molecule has 0 saturated carbocycles. The molecular weight excluding hydrogens is 244 g/mol. The second-order valence-electron chi connectivity index (χ2n) is 4.57. The van der Waals surface area contributed by atoms with Crippen LogP contribution in [0.3, 0.4) is 0 Å². The van der Waals surface area contributed by atoms with Crippen molar-refractivity contribution >= 4 is 17.1 Å². The van der Waals surface area contributed by atoms with Gasteiger partial charge >= 0.3 is 0 Å². The van der Waals surface area contributed by atoms with Crippen molar-refractivity contribution in [1.29, 1.82) is 0 Å². The number of thiazole rings is 1. The first-order chi connectivity index (χ1) is 8.47. The van der Waals surface area contributed by atoms with Crippen molar-refractivity contribution in [2.75, 3.05) is 0 Å². The van der Waals surface area contributed by atoms with E-state index in [1.54, 1.807) is 5.38 Å². The number of rotatable bonds is 3. The van der Waals surface area contributed by atoms with E-state index < -0.39 is 0 Å². The summed E-state index contributed by atoms with van der Waals surface area (Å²) in [6.07, 6.45) is 0. The Hall–Kier alpha value is -1.52. The molecule has 1 atom stereocenters. The molecule has 2 N–H and O–H groups in total. The molecular formula is C14H16N2OS. The third-order valence-electron chi connectivity index (χ3n) is 2.63. The fraction of sp³-hybridized carbons (Fsp3) is 0.286. The number of nitrogens with zero attached hydrogens (tertiary/aromatic N) is 1. The van der Waals surface area contributed by atoms with E-state index in [9.17, 15) is 4.79 Å². The van der Waals surface area contributed by atoms with Crippen LogP contribution in [-0.2, 0) is 0 Å². The minimum absolute atomic E-state index is 0.0371. The van der Waals surface area contributed by atoms with Crippen LogP contribution < -0.4 is 5.73 Å². The van der Waals surface area contributed by atoms with Crippen LogP contribution in [0.25, 0.3) is 0 Å². The summed E-state index contributed by atoms with van der Waals surface area (Å²) in [4.78, 5) is 16.6. The number of nitrogens with two attached hydrogens (primary N) is 1. The second kappa shape index (κ2) is 5.00. The summed E-state index contributed by atoms with van der Waals surface area (Å²) in [6.45, 7) is 5.83. The molecule has 0 bridgehead atoms. The molecule has 0 radical (unpaired) electrons. The summed E-state index contributed by atoms with van der Waals surface area (Å²) in [5.74, 6) is -0.0371. The standard InChI is InChI=1S/C14H16N2OS/c1-8-4-9(2)6-11(5-8)13(17)12-7-18-14(16-12)10(3)15/h4-7,10H,15H2,1-3H3. The molecule has 1 aromatic heterocycles. The van der Waals surface area contributed by atoms with Crippen LogP contribution in [0.1, 0.15) is 45.2 Å². The summed E-state index contributed by atoms with van der Waals surface area (Å²) in [5.41, 5.74) is 9.09. The molecule has 0 saturated heterocycles. The summed E-state index contributed by atoms with van der Waals surface area (Å²) in [6, 6.07) is 5.70. The normalized spacial score (nSPS) is 12.4. The molecule has 18 heavy (non-hydrogen) atoms. The van der Waals surface area contributed by atoms with Crippen LogP contribution in [0.15, 0.2) is 23.6 Å². The van der Waals surface area contributed by atoms with Gasteiger partial charge in [0.25, 0.3) is 0 Å². The van der Waals surface area contributed by atoms with Gasteiger partial charge in [-0.3, -0.25) is 4.79 Å². The van der Waals surface area contributed by atoms with Crippen molar-refractivity contribution in [3.8, 4) is 0 Å². The van der Waals surface area contributed by atoms with E-state index in [1.165, 1.54) is 11.3 Å². The Kier molecular flexibility index (Phi) is 3.59. The number of benzene rings is 1. The summed E-state index contributed by atoms with van der Waals surface area (Å²) >= 11 is 1.43. The SMILES string of the molecule is Cc1cc(C)cc(C(=O)c2csc(C(C)N)n2)c1. The number of carbonyl (C=O) groups excluding carboxylic acids is 1. The zero-order chi connectivity index (χ0) is 13.3. The first-order valence-electron chi connectivity index (χ1n) is 5.81. The number of hydrogen-bond donors (Lipinski definition) is 1. The van der Waals surface area contributed by atoms with Gasteiger partial charge in [-0.2, -0.15) is 0 Å². The molecule has 2 aromatic rings. The monoisotopic (exact) mass is 260 g/mol. The predicted molar refractivity (Wildman–Crippen MR) is 74.1 cm³/mol. The molecule has 1 aromatic carbocycles. The minimum atomic E-state index is -0.129. The summed E-state index contributed by atoms with van der Waals surface area (Å²) < 4.78 is 0. The maximum atomic E-state index is 12.3. The maximum absolute atomic E-state index is 12.3. The highest BCUT2D eigenvalue weighted by molar-refractivity contribution is 7.09. The minimum Gasteiger partial charge on any atom is -0.322 e. The molecule has 0 fully saturated rings. The topological polar surface area (TPSA) is 56.0 Å². The van der Waals surface area contributed by atoms with E-state index in [1.807, 2.05) is 39.0 Å². The van der Waals surface area contributed by atoms with Crippen LogP contribution in [0.5, 0.6) is 0 Å². The van der Waals surface area contributed by atoms with Gasteiger partial charge in [-0.15, -0.1) is 11.3 Å². The lowest BCUT2D eigenvalue weighted by Crippen LogP contribution is -2.07. The number of aryl methyl sites for hydroxylation is 2. The van der Waals surface area contributed by atoms with E-state index in [2.05, 4.69) is 4.98 Å². The van der Waals surface area contributed by atoms with Crippen molar-refractivity contribution in [1.82, 2.24) is 4.98 Å². The predicted octanol–water partition coefficient (Wildman–Crippen LogP) is 3.01. The zero-order valence-corrected chi connectivity index (χ0v) is 11.5. The molecule has 3 nitrogen and oxygen atoms in total. The highest BCUT2D eigenvalue weighted by Gasteiger charge is 2.15. The molecule has 0 aliphatic rings. The highest BCUT2D eigenvalue weighted by Crippen LogP contribution is 2.19. The van der Waals surface area contributed by atoms with Crippen LogP contribution in [0, 0.1) is 13.8 Å². The maximum Gasteiger partial charge on any atom is 0.212 e. The molecule has 1 heterocycles. The van der Waals surface area contributed by atoms with Gasteiger partial charge in [0.2, 0.25) is 5.78 Å². The molecule has 2 rings (SSSR count). The highest BCUT2D eigenvalue weighted by atomic mass is 32.1. The lowest BCUT2D eigenvalue weighted by molar-refractivity contribution is 0.103. The van der Waals surface area contributed by atoms with Crippen molar-refractivity contribution in [2.24, 2.45) is 5.73 Å². The zero-order valence-electron chi connectivity index (χ0n) is 10.7. The van der Waals surface area contributed by atoms with E-state index in [4.69, 9.17) is 5.73 Å². The van der Waals surface area contributed by atoms with Gasteiger partial charge in [0.15, 0.2) is 0 Å². The van der Waals surface area contributed by atoms with Crippen molar-refractivity contribution in [3.63, 3.8) is 0 Å². The van der Waals surface area contributed by atoms with E-state index in [-0.39, 0.29) is 11.8 Å². The van der Waals surface area contributed by atoms with Gasteiger partial charge in [0.05, 0.1) is 6.04 Å². The van der Waals surface area contributed by atoms with E-state index in [0.717, 1.165) is 16.1 Å². The Morgan fingerprint density at radius 3 is 2.39 bits per heavy atom. The molecule has 0 aliphatic heterocycles. The summed E-state index contributed by atoms with van der Waals surface area (Å²) in [5, 5.41) is 2.57. The molecule has 4 heteroatoms. The largest absolute Gasteiger partial charge is 0.322 e. The van der Waals surface area contributed by atoms with Gasteiger partial charge in [0, 0.05) is 10.9 Å². The lowest BCUT2D eigenvalue weighted by atomic mass is 10.0. The van der Waals surface area contributed by atoms with Gasteiger partial charge in [-0.1, -0.05) is 17.2 Å². The smallest absolute Gasteiger partial charge is 0.212 e. The fourth-order valence-corrected chi connectivity index (χ4v) is 2.61. The Balaban J connectivity index is 2.35. The van der Waals surface area contributed by atoms with E-state index >= 15 is 0 Å². The quantitative estimate of drug-likeness (QED) is 0.863. The lowest BCUT2D eigenvalue weighted by Gasteiger charge is -2.02. The van der Waals surface area contributed by atoms with Crippen LogP contribution in [0.4, 0.5) is 0 Å². The van der Waals surface area contributed by atoms with Gasteiger partial charge in [-0.05, 0) is 32.9 Å². The molecule has 0 amide bonds. The van der Waals surface area contributed by atoms with Crippen molar-refractivity contribution in [3.05, 3.63) is 51.0 Å². The number of hydrogen-bond acceptors (Lipinski definition) is 4. The van der Waals surface area contributed by atoms with Gasteiger partial charge in [-0.25, -0.2) is 4.98 Å². The van der Waals surface area contributed by atoms with Crippen molar-refractivity contribution in [2.45, 2.75) is 26.8 Å². The molecule has 94 valence electrons. The van der Waals surface area contributed by atoms with E-state index in [0.29, 0.717) is 11.3 Å². The van der Waals surface area contributed by atoms with Gasteiger partial charge < -0.3 is 5.73 Å². The number of carbonyl (C=O) groups is 1. The fourth-order valence-electron chi connectivity index (χ4n) is 1.85. The Morgan fingerprint density at radius 1 is 1.28 bits per heavy atom.